The molecule has 1 aromatic carbocycles. The van der Waals surface area contributed by atoms with Crippen molar-refractivity contribution in [3.8, 4) is 39.8 Å². The fourth-order valence-corrected chi connectivity index (χ4v) is 4.13. The van der Waals surface area contributed by atoms with Crippen LogP contribution in [0.4, 0.5) is 4.39 Å². The van der Waals surface area contributed by atoms with E-state index >= 15 is 0 Å². The molecule has 0 unspecified atom stereocenters. The summed E-state index contributed by atoms with van der Waals surface area (Å²) in [5.41, 5.74) is 6.19. The number of ether oxygens (including phenoxy) is 1. The summed E-state index contributed by atoms with van der Waals surface area (Å²) in [6, 6.07) is 14.1. The number of hydrogen-bond acceptors (Lipinski definition) is 7. The molecule has 0 spiro atoms. The van der Waals surface area contributed by atoms with Crippen LogP contribution < -0.4 is 4.74 Å². The molecule has 6 rings (SSSR count). The summed E-state index contributed by atoms with van der Waals surface area (Å²) in [6.07, 6.45) is 5.16. The molecule has 0 amide bonds. The molecular formula is C27H23FN8O. The molecule has 0 atom stereocenters. The molecule has 5 aromatic heterocycles. The number of aromatic amines is 2. The summed E-state index contributed by atoms with van der Waals surface area (Å²) in [7, 11) is 3.91. The normalized spacial score (nSPS) is 11.6. The minimum Gasteiger partial charge on any atom is -0.492 e. The van der Waals surface area contributed by atoms with Gasteiger partial charge in [0.15, 0.2) is 11.5 Å². The van der Waals surface area contributed by atoms with Crippen LogP contribution in [0.5, 0.6) is 5.75 Å². The van der Waals surface area contributed by atoms with Crippen molar-refractivity contribution < 1.29 is 9.13 Å². The van der Waals surface area contributed by atoms with E-state index in [1.54, 1.807) is 24.7 Å². The van der Waals surface area contributed by atoms with E-state index in [0.717, 1.165) is 28.8 Å². The molecule has 10 heteroatoms. The van der Waals surface area contributed by atoms with Gasteiger partial charge in [-0.25, -0.2) is 14.4 Å². The highest BCUT2D eigenvalue weighted by molar-refractivity contribution is 5.95. The Kier molecular flexibility index (Phi) is 5.78. The van der Waals surface area contributed by atoms with Crippen LogP contribution >= 0.6 is 0 Å². The van der Waals surface area contributed by atoms with E-state index in [9.17, 15) is 4.39 Å². The Morgan fingerprint density at radius 3 is 2.65 bits per heavy atom. The summed E-state index contributed by atoms with van der Waals surface area (Å²) in [5, 5.41) is 7.50. The zero-order valence-corrected chi connectivity index (χ0v) is 20.2. The number of aromatic nitrogens is 7. The molecule has 0 radical (unpaired) electrons. The van der Waals surface area contributed by atoms with Crippen LogP contribution in [0.15, 0.2) is 67.1 Å². The van der Waals surface area contributed by atoms with Crippen molar-refractivity contribution in [1.82, 2.24) is 40.0 Å². The zero-order valence-electron chi connectivity index (χ0n) is 20.2. The van der Waals surface area contributed by atoms with Gasteiger partial charge in [-0.05, 0) is 56.6 Å². The molecule has 6 aromatic rings. The first-order valence-corrected chi connectivity index (χ1v) is 11.7. The fraction of sp³-hybridized carbons (Fsp3) is 0.148. The Hall–Kier alpha value is -4.70. The molecule has 184 valence electrons. The number of rotatable bonds is 7. The van der Waals surface area contributed by atoms with Gasteiger partial charge < -0.3 is 14.6 Å². The fourth-order valence-electron chi connectivity index (χ4n) is 4.13. The Balaban J connectivity index is 1.41. The predicted octanol–water partition coefficient (Wildman–Crippen LogP) is 4.70. The molecule has 0 aliphatic heterocycles. The average molecular weight is 495 g/mol. The molecule has 0 bridgehead atoms. The second-order valence-corrected chi connectivity index (χ2v) is 8.88. The molecule has 0 aliphatic carbocycles. The topological polar surface area (TPSA) is 108 Å². The smallest absolute Gasteiger partial charge is 0.161 e. The first kappa shape index (κ1) is 22.7. The third kappa shape index (κ3) is 4.50. The summed E-state index contributed by atoms with van der Waals surface area (Å²) < 4.78 is 20.3. The number of benzene rings is 1. The monoisotopic (exact) mass is 494 g/mol. The number of hydrogen-bond donors (Lipinski definition) is 2. The van der Waals surface area contributed by atoms with Gasteiger partial charge in [0.1, 0.15) is 29.2 Å². The van der Waals surface area contributed by atoms with Crippen molar-refractivity contribution in [2.45, 2.75) is 0 Å². The standard InChI is InChI=1S/C27H23FN8O/c1-36(2)10-11-37-19-13-17(12-18(28)14-19)23-24-21(7-9-30-23)32-27(33-24)26-25-22(34-35-26)6-5-20(31-25)16-4-3-8-29-15-16/h3-9,12-15H,10-11H2,1-2H3,(H,32,33)(H,34,35). The molecule has 0 saturated heterocycles. The molecule has 5 heterocycles. The number of nitrogens with one attached hydrogen (secondary N) is 2. The molecule has 9 nitrogen and oxygen atoms in total. The van der Waals surface area contributed by atoms with Gasteiger partial charge in [-0.2, -0.15) is 5.10 Å². The summed E-state index contributed by atoms with van der Waals surface area (Å²) in [4.78, 5) is 23.6. The van der Waals surface area contributed by atoms with E-state index in [4.69, 9.17) is 14.7 Å². The number of H-pyrrole nitrogens is 2. The van der Waals surface area contributed by atoms with Gasteiger partial charge in [0, 0.05) is 42.3 Å². The van der Waals surface area contributed by atoms with Gasteiger partial charge in [0.2, 0.25) is 0 Å². The van der Waals surface area contributed by atoms with Crippen molar-refractivity contribution in [3.05, 3.63) is 72.9 Å². The SMILES string of the molecule is CN(C)CCOc1cc(F)cc(-c2nccc3[nH]c(-c4n[nH]c5ccc(-c6cccnc6)nc45)nc23)c1. The second kappa shape index (κ2) is 9.40. The van der Waals surface area contributed by atoms with Gasteiger partial charge in [0.25, 0.3) is 0 Å². The van der Waals surface area contributed by atoms with Gasteiger partial charge >= 0.3 is 0 Å². The maximum Gasteiger partial charge on any atom is 0.161 e. The van der Waals surface area contributed by atoms with E-state index in [-0.39, 0.29) is 0 Å². The van der Waals surface area contributed by atoms with Crippen molar-refractivity contribution in [2.24, 2.45) is 0 Å². The Bertz CT molecular complexity index is 1710. The van der Waals surface area contributed by atoms with Gasteiger partial charge in [-0.1, -0.05) is 0 Å². The van der Waals surface area contributed by atoms with Crippen LogP contribution in [-0.2, 0) is 0 Å². The zero-order chi connectivity index (χ0) is 25.4. The minimum atomic E-state index is -0.405. The lowest BCUT2D eigenvalue weighted by molar-refractivity contribution is 0.260. The van der Waals surface area contributed by atoms with Crippen LogP contribution in [0.25, 0.3) is 56.1 Å². The highest BCUT2D eigenvalue weighted by Crippen LogP contribution is 2.32. The molecule has 0 fully saturated rings. The lowest BCUT2D eigenvalue weighted by atomic mass is 10.1. The van der Waals surface area contributed by atoms with Gasteiger partial charge in [0.05, 0.1) is 22.4 Å². The van der Waals surface area contributed by atoms with Crippen molar-refractivity contribution in [1.29, 1.82) is 0 Å². The van der Waals surface area contributed by atoms with Gasteiger partial charge in [-0.3, -0.25) is 15.1 Å². The van der Waals surface area contributed by atoms with Crippen LogP contribution in [0.1, 0.15) is 0 Å². The van der Waals surface area contributed by atoms with Crippen molar-refractivity contribution >= 4 is 22.1 Å². The third-order valence-corrected chi connectivity index (χ3v) is 5.94. The van der Waals surface area contributed by atoms with E-state index < -0.39 is 5.82 Å². The lowest BCUT2D eigenvalue weighted by Crippen LogP contribution is -2.19. The highest BCUT2D eigenvalue weighted by Gasteiger charge is 2.18. The van der Waals surface area contributed by atoms with Crippen LogP contribution in [0, 0.1) is 5.82 Å². The Labute approximate surface area is 211 Å². The van der Waals surface area contributed by atoms with E-state index in [2.05, 4.69) is 25.1 Å². The number of pyridine rings is 3. The maximum absolute atomic E-state index is 14.5. The maximum atomic E-state index is 14.5. The molecule has 37 heavy (non-hydrogen) atoms. The first-order valence-electron chi connectivity index (χ1n) is 11.7. The highest BCUT2D eigenvalue weighted by atomic mass is 19.1. The largest absolute Gasteiger partial charge is 0.492 e. The molecule has 0 saturated carbocycles. The minimum absolute atomic E-state index is 0.405. The van der Waals surface area contributed by atoms with Crippen LogP contribution in [0.3, 0.4) is 0 Å². The summed E-state index contributed by atoms with van der Waals surface area (Å²) in [5.74, 6) is 0.569. The lowest BCUT2D eigenvalue weighted by Gasteiger charge is -2.12. The van der Waals surface area contributed by atoms with Crippen molar-refractivity contribution in [3.63, 3.8) is 0 Å². The van der Waals surface area contributed by atoms with Crippen LogP contribution in [0.2, 0.25) is 0 Å². The summed E-state index contributed by atoms with van der Waals surface area (Å²) in [6.45, 7) is 1.16. The summed E-state index contributed by atoms with van der Waals surface area (Å²) >= 11 is 0. The molecule has 2 N–H and O–H groups in total. The van der Waals surface area contributed by atoms with E-state index in [1.165, 1.54) is 12.1 Å². The second-order valence-electron chi connectivity index (χ2n) is 8.88. The predicted molar refractivity (Wildman–Crippen MR) is 139 cm³/mol. The van der Waals surface area contributed by atoms with E-state index in [1.807, 2.05) is 49.3 Å². The van der Waals surface area contributed by atoms with E-state index in [0.29, 0.717) is 46.2 Å². The third-order valence-electron chi connectivity index (χ3n) is 5.94. The first-order chi connectivity index (χ1) is 18.0. The number of imidazole rings is 1. The number of likely N-dealkylation sites (N-methyl/N-ethyl adjacent to an activating group) is 1. The molecular weight excluding hydrogens is 471 g/mol. The number of nitrogens with zero attached hydrogens (tertiary/aromatic N) is 6. The number of fused-ring (bicyclic) bond motifs is 2. The van der Waals surface area contributed by atoms with Crippen molar-refractivity contribution in [2.75, 3.05) is 27.2 Å². The average Bonchev–Trinajstić information content (AvgIpc) is 3.52. The Morgan fingerprint density at radius 2 is 1.81 bits per heavy atom. The van der Waals surface area contributed by atoms with Gasteiger partial charge in [-0.15, -0.1) is 0 Å². The Morgan fingerprint density at radius 1 is 0.919 bits per heavy atom. The molecule has 0 aliphatic rings. The number of halogens is 1. The quantitative estimate of drug-likeness (QED) is 0.331. The van der Waals surface area contributed by atoms with Crippen LogP contribution in [-0.4, -0.2) is 67.3 Å².